The molecule has 0 aromatic heterocycles. The summed E-state index contributed by atoms with van der Waals surface area (Å²) in [6, 6.07) is 8.63. The molecule has 1 N–H and O–H groups in total. The summed E-state index contributed by atoms with van der Waals surface area (Å²) in [5.41, 5.74) is 2.19. The van der Waals surface area contributed by atoms with Crippen molar-refractivity contribution >= 4 is 0 Å². The summed E-state index contributed by atoms with van der Waals surface area (Å²) in [4.78, 5) is 2.33. The molecule has 0 aliphatic heterocycles. The minimum Gasteiger partial charge on any atom is -0.387 e. The Hall–Kier alpha value is -0.900. The van der Waals surface area contributed by atoms with Gasteiger partial charge < -0.3 is 9.84 Å². The van der Waals surface area contributed by atoms with Crippen LogP contribution < -0.4 is 0 Å². The normalized spacial score (nSPS) is 16.1. The van der Waals surface area contributed by atoms with Gasteiger partial charge in [-0.2, -0.15) is 0 Å². The predicted octanol–water partition coefficient (Wildman–Crippen LogP) is 3.16. The van der Waals surface area contributed by atoms with Crippen molar-refractivity contribution in [2.75, 3.05) is 20.3 Å². The Labute approximate surface area is 123 Å². The minimum absolute atomic E-state index is 0.0720. The van der Waals surface area contributed by atoms with Crippen molar-refractivity contribution in [3.8, 4) is 0 Å². The van der Waals surface area contributed by atoms with E-state index in [9.17, 15) is 5.11 Å². The first-order valence-electron chi connectivity index (χ1n) is 7.50. The Morgan fingerprint density at radius 2 is 1.80 bits per heavy atom. The van der Waals surface area contributed by atoms with E-state index in [1.807, 2.05) is 24.3 Å². The van der Waals surface area contributed by atoms with E-state index in [0.717, 1.165) is 18.5 Å². The quantitative estimate of drug-likeness (QED) is 0.793. The molecule has 0 fully saturated rings. The second kappa shape index (κ2) is 8.40. The maximum Gasteiger partial charge on any atom is 0.0942 e. The molecule has 3 nitrogen and oxygen atoms in total. The fraction of sp³-hybridized carbons (Fsp3) is 0.647. The largest absolute Gasteiger partial charge is 0.387 e. The van der Waals surface area contributed by atoms with Crippen molar-refractivity contribution in [2.24, 2.45) is 0 Å². The fourth-order valence-electron chi connectivity index (χ4n) is 2.48. The Kier molecular flexibility index (Phi) is 7.20. The fourth-order valence-corrected chi connectivity index (χ4v) is 2.48. The lowest BCUT2D eigenvalue weighted by molar-refractivity contribution is 0.0195. The van der Waals surface area contributed by atoms with Crippen molar-refractivity contribution in [1.82, 2.24) is 4.90 Å². The van der Waals surface area contributed by atoms with Gasteiger partial charge in [-0.25, -0.2) is 0 Å². The number of methoxy groups -OCH3 is 1. The average molecular weight is 279 g/mol. The lowest BCUT2D eigenvalue weighted by Crippen LogP contribution is -2.44. The van der Waals surface area contributed by atoms with Gasteiger partial charge in [0.25, 0.3) is 0 Å². The molecule has 3 heteroatoms. The van der Waals surface area contributed by atoms with Crippen LogP contribution in [0.1, 0.15) is 44.4 Å². The number of hydrogen-bond acceptors (Lipinski definition) is 3. The van der Waals surface area contributed by atoms with Crippen LogP contribution in [0.25, 0.3) is 0 Å². The highest BCUT2D eigenvalue weighted by Gasteiger charge is 2.25. The molecule has 0 heterocycles. The Morgan fingerprint density at radius 3 is 2.30 bits per heavy atom. The summed E-state index contributed by atoms with van der Waals surface area (Å²) >= 11 is 0. The highest BCUT2D eigenvalue weighted by atomic mass is 16.5. The molecule has 1 aromatic rings. The van der Waals surface area contributed by atoms with Crippen LogP contribution in [0.5, 0.6) is 0 Å². The molecule has 0 aliphatic rings. The first-order chi connectivity index (χ1) is 9.51. The number of nitrogens with zero attached hydrogens (tertiary/aromatic N) is 1. The number of aryl methyl sites for hydroxylation is 1. The van der Waals surface area contributed by atoms with Crippen LogP contribution in [-0.4, -0.2) is 42.4 Å². The van der Waals surface area contributed by atoms with Gasteiger partial charge in [-0.15, -0.1) is 0 Å². The number of aliphatic hydroxyl groups is 1. The Balaban J connectivity index is 2.81. The molecule has 3 atom stereocenters. The molecule has 1 aromatic carbocycles. The minimum atomic E-state index is -0.471. The maximum absolute atomic E-state index is 10.6. The van der Waals surface area contributed by atoms with Gasteiger partial charge in [0.05, 0.1) is 12.7 Å². The van der Waals surface area contributed by atoms with Gasteiger partial charge in [-0.3, -0.25) is 4.90 Å². The highest BCUT2D eigenvalue weighted by molar-refractivity contribution is 5.24. The first kappa shape index (κ1) is 17.2. The topological polar surface area (TPSA) is 32.7 Å². The van der Waals surface area contributed by atoms with Crippen molar-refractivity contribution in [1.29, 1.82) is 0 Å². The standard InChI is InChI=1S/C17H29NO2/c1-6-14(3)18(11-12-20-5)15(4)17(19)16-9-7-13(2)8-10-16/h7-10,14-15,17,19H,6,11-12H2,1-5H3. The predicted molar refractivity (Wildman–Crippen MR) is 83.9 cm³/mol. The van der Waals surface area contributed by atoms with Crippen LogP contribution in [0.4, 0.5) is 0 Å². The third-order valence-electron chi connectivity index (χ3n) is 4.11. The van der Waals surface area contributed by atoms with E-state index in [-0.39, 0.29) is 6.04 Å². The second-order valence-electron chi connectivity index (χ2n) is 5.58. The van der Waals surface area contributed by atoms with E-state index in [2.05, 4.69) is 32.6 Å². The summed E-state index contributed by atoms with van der Waals surface area (Å²) in [5.74, 6) is 0. The zero-order valence-corrected chi connectivity index (χ0v) is 13.5. The first-order valence-corrected chi connectivity index (χ1v) is 7.50. The lowest BCUT2D eigenvalue weighted by atomic mass is 9.99. The lowest BCUT2D eigenvalue weighted by Gasteiger charge is -2.36. The van der Waals surface area contributed by atoms with Gasteiger partial charge in [0.15, 0.2) is 0 Å². The summed E-state index contributed by atoms with van der Waals surface area (Å²) in [7, 11) is 1.72. The summed E-state index contributed by atoms with van der Waals surface area (Å²) in [5, 5.41) is 10.6. The smallest absolute Gasteiger partial charge is 0.0942 e. The van der Waals surface area contributed by atoms with Crippen molar-refractivity contribution in [3.63, 3.8) is 0 Å². The molecule has 0 saturated heterocycles. The molecule has 1 rings (SSSR count). The highest BCUT2D eigenvalue weighted by Crippen LogP contribution is 2.23. The van der Waals surface area contributed by atoms with E-state index in [1.54, 1.807) is 7.11 Å². The van der Waals surface area contributed by atoms with Crippen LogP contribution in [0.15, 0.2) is 24.3 Å². The van der Waals surface area contributed by atoms with E-state index in [1.165, 1.54) is 5.56 Å². The van der Waals surface area contributed by atoms with E-state index in [0.29, 0.717) is 12.6 Å². The van der Waals surface area contributed by atoms with Gasteiger partial charge in [-0.1, -0.05) is 36.8 Å². The van der Waals surface area contributed by atoms with E-state index in [4.69, 9.17) is 4.74 Å². The molecule has 20 heavy (non-hydrogen) atoms. The monoisotopic (exact) mass is 279 g/mol. The molecular formula is C17H29NO2. The molecule has 0 spiro atoms. The van der Waals surface area contributed by atoms with Crippen LogP contribution in [0.2, 0.25) is 0 Å². The zero-order valence-electron chi connectivity index (χ0n) is 13.5. The van der Waals surface area contributed by atoms with Crippen molar-refractivity contribution in [3.05, 3.63) is 35.4 Å². The average Bonchev–Trinajstić information content (AvgIpc) is 2.47. The third-order valence-corrected chi connectivity index (χ3v) is 4.11. The van der Waals surface area contributed by atoms with Crippen molar-refractivity contribution < 1.29 is 9.84 Å². The molecule has 0 saturated carbocycles. The van der Waals surface area contributed by atoms with E-state index < -0.39 is 6.10 Å². The van der Waals surface area contributed by atoms with Gasteiger partial charge in [0.2, 0.25) is 0 Å². The Bertz CT molecular complexity index is 377. The van der Waals surface area contributed by atoms with Crippen molar-refractivity contribution in [2.45, 2.75) is 52.3 Å². The summed E-state index contributed by atoms with van der Waals surface area (Å²) in [6.07, 6.45) is 0.593. The zero-order chi connectivity index (χ0) is 15.1. The number of aliphatic hydroxyl groups excluding tert-OH is 1. The second-order valence-corrected chi connectivity index (χ2v) is 5.58. The van der Waals surface area contributed by atoms with Crippen LogP contribution in [0.3, 0.4) is 0 Å². The number of benzene rings is 1. The third kappa shape index (κ3) is 4.58. The number of ether oxygens (including phenoxy) is 1. The maximum atomic E-state index is 10.6. The SMILES string of the molecule is CCC(C)N(CCOC)C(C)C(O)c1ccc(C)cc1. The van der Waals surface area contributed by atoms with Gasteiger partial charge in [0, 0.05) is 25.7 Å². The molecule has 0 aliphatic carbocycles. The van der Waals surface area contributed by atoms with Gasteiger partial charge in [-0.05, 0) is 32.8 Å². The van der Waals surface area contributed by atoms with E-state index >= 15 is 0 Å². The van der Waals surface area contributed by atoms with Crippen LogP contribution in [-0.2, 0) is 4.74 Å². The van der Waals surface area contributed by atoms with Gasteiger partial charge in [0.1, 0.15) is 0 Å². The molecule has 0 bridgehead atoms. The molecule has 0 amide bonds. The number of hydrogen-bond donors (Lipinski definition) is 1. The molecular weight excluding hydrogens is 250 g/mol. The summed E-state index contributed by atoms with van der Waals surface area (Å²) in [6.45, 7) is 10.1. The molecule has 3 unspecified atom stereocenters. The van der Waals surface area contributed by atoms with Crippen LogP contribution in [0, 0.1) is 6.92 Å². The summed E-state index contributed by atoms with van der Waals surface area (Å²) < 4.78 is 5.20. The Morgan fingerprint density at radius 1 is 1.20 bits per heavy atom. The molecule has 0 radical (unpaired) electrons. The molecule has 114 valence electrons. The van der Waals surface area contributed by atoms with Gasteiger partial charge >= 0.3 is 0 Å². The number of rotatable bonds is 8. The van der Waals surface area contributed by atoms with Crippen LogP contribution >= 0.6 is 0 Å².